The largest absolute Gasteiger partial charge is 0.491 e. The van der Waals surface area contributed by atoms with Crippen molar-refractivity contribution in [2.45, 2.75) is 32.9 Å². The van der Waals surface area contributed by atoms with Crippen LogP contribution in [0.15, 0.2) is 48.5 Å². The number of halogens is 1. The van der Waals surface area contributed by atoms with Crippen LogP contribution in [0.3, 0.4) is 0 Å². The van der Waals surface area contributed by atoms with Gasteiger partial charge >= 0.3 is 0 Å². The molecule has 2 atom stereocenters. The maximum atomic E-state index is 12.9. The lowest BCUT2D eigenvalue weighted by Crippen LogP contribution is -2.43. The zero-order valence-electron chi connectivity index (χ0n) is 14.1. The van der Waals surface area contributed by atoms with E-state index >= 15 is 0 Å². The molecular formula is C19H22FNO3. The third-order valence-corrected chi connectivity index (χ3v) is 3.47. The van der Waals surface area contributed by atoms with Crippen molar-refractivity contribution in [2.75, 3.05) is 6.61 Å². The van der Waals surface area contributed by atoms with E-state index in [-0.39, 0.29) is 17.8 Å². The fourth-order valence-corrected chi connectivity index (χ4v) is 2.11. The van der Waals surface area contributed by atoms with Crippen molar-refractivity contribution in [1.82, 2.24) is 5.32 Å². The van der Waals surface area contributed by atoms with Crippen LogP contribution in [-0.4, -0.2) is 24.7 Å². The highest BCUT2D eigenvalue weighted by Gasteiger charge is 2.17. The first-order valence-electron chi connectivity index (χ1n) is 7.86. The van der Waals surface area contributed by atoms with E-state index in [9.17, 15) is 9.18 Å². The average Bonchev–Trinajstić information content (AvgIpc) is 2.56. The number of benzene rings is 2. The normalized spacial score (nSPS) is 13.0. The monoisotopic (exact) mass is 331 g/mol. The van der Waals surface area contributed by atoms with Gasteiger partial charge in [0.15, 0.2) is 6.10 Å². The smallest absolute Gasteiger partial charge is 0.261 e. The number of ether oxygens (including phenoxy) is 2. The second-order valence-corrected chi connectivity index (χ2v) is 5.70. The molecule has 2 rings (SSSR count). The fraction of sp³-hybridized carbons (Fsp3) is 0.316. The van der Waals surface area contributed by atoms with Gasteiger partial charge in [-0.15, -0.1) is 0 Å². The minimum absolute atomic E-state index is 0.170. The Labute approximate surface area is 141 Å². The summed E-state index contributed by atoms with van der Waals surface area (Å²) in [5, 5.41) is 2.84. The summed E-state index contributed by atoms with van der Waals surface area (Å²) in [6.45, 7) is 5.84. The van der Waals surface area contributed by atoms with Crippen LogP contribution in [0.25, 0.3) is 0 Å². The summed E-state index contributed by atoms with van der Waals surface area (Å²) in [5.41, 5.74) is 1.05. The molecule has 2 aromatic rings. The Morgan fingerprint density at radius 1 is 1.12 bits per heavy atom. The number of amides is 1. The van der Waals surface area contributed by atoms with E-state index in [4.69, 9.17) is 9.47 Å². The van der Waals surface area contributed by atoms with Crippen molar-refractivity contribution in [3.05, 3.63) is 59.9 Å². The molecule has 4 nitrogen and oxygen atoms in total. The Hall–Kier alpha value is -2.56. The van der Waals surface area contributed by atoms with Gasteiger partial charge in [0.1, 0.15) is 23.9 Å². The predicted octanol–water partition coefficient (Wildman–Crippen LogP) is 3.49. The molecule has 0 aliphatic heterocycles. The molecule has 0 unspecified atom stereocenters. The van der Waals surface area contributed by atoms with Gasteiger partial charge in [0.05, 0.1) is 6.04 Å². The van der Waals surface area contributed by atoms with Gasteiger partial charge in [-0.05, 0) is 56.7 Å². The van der Waals surface area contributed by atoms with Gasteiger partial charge < -0.3 is 14.8 Å². The van der Waals surface area contributed by atoms with Crippen molar-refractivity contribution in [1.29, 1.82) is 0 Å². The first kappa shape index (κ1) is 17.8. The first-order chi connectivity index (χ1) is 11.5. The molecule has 1 N–H and O–H groups in total. The van der Waals surface area contributed by atoms with Crippen molar-refractivity contribution >= 4 is 5.91 Å². The van der Waals surface area contributed by atoms with Crippen LogP contribution >= 0.6 is 0 Å². The molecule has 128 valence electrons. The molecule has 24 heavy (non-hydrogen) atoms. The molecule has 0 saturated heterocycles. The van der Waals surface area contributed by atoms with E-state index in [1.54, 1.807) is 6.92 Å². The molecule has 0 heterocycles. The maximum Gasteiger partial charge on any atom is 0.261 e. The summed E-state index contributed by atoms with van der Waals surface area (Å²) in [5.74, 6) is 0.652. The van der Waals surface area contributed by atoms with Gasteiger partial charge in [-0.25, -0.2) is 4.39 Å². The number of hydrogen-bond acceptors (Lipinski definition) is 3. The molecule has 0 aliphatic rings. The number of rotatable bonds is 7. The van der Waals surface area contributed by atoms with Gasteiger partial charge in [0.2, 0.25) is 0 Å². The molecule has 5 heteroatoms. The average molecular weight is 331 g/mol. The van der Waals surface area contributed by atoms with Crippen LogP contribution in [0.2, 0.25) is 0 Å². The summed E-state index contributed by atoms with van der Waals surface area (Å²) >= 11 is 0. The standard InChI is InChI=1S/C19H22FNO3/c1-13-6-4-5-7-18(13)23-12-14(2)21-19(22)15(3)24-17-10-8-16(20)9-11-17/h4-11,14-15H,12H2,1-3H3,(H,21,22)/t14-,15+/m1/s1. The number of carbonyl (C=O) groups excluding carboxylic acids is 1. The van der Waals surface area contributed by atoms with Gasteiger partial charge in [-0.3, -0.25) is 4.79 Å². The highest BCUT2D eigenvalue weighted by Crippen LogP contribution is 2.16. The van der Waals surface area contributed by atoms with Gasteiger partial charge in [-0.1, -0.05) is 18.2 Å². The lowest BCUT2D eigenvalue weighted by molar-refractivity contribution is -0.128. The zero-order chi connectivity index (χ0) is 17.5. The number of para-hydroxylation sites is 1. The Kier molecular flexibility index (Phi) is 6.18. The third-order valence-electron chi connectivity index (χ3n) is 3.47. The third kappa shape index (κ3) is 5.26. The lowest BCUT2D eigenvalue weighted by atomic mass is 10.2. The van der Waals surface area contributed by atoms with Crippen LogP contribution in [0.5, 0.6) is 11.5 Å². The van der Waals surface area contributed by atoms with Crippen LogP contribution < -0.4 is 14.8 Å². The highest BCUT2D eigenvalue weighted by atomic mass is 19.1. The summed E-state index contributed by atoms with van der Waals surface area (Å²) in [6.07, 6.45) is -0.684. The minimum atomic E-state index is -0.684. The van der Waals surface area contributed by atoms with Crippen LogP contribution in [-0.2, 0) is 4.79 Å². The molecule has 0 spiro atoms. The number of carbonyl (C=O) groups is 1. The first-order valence-corrected chi connectivity index (χ1v) is 7.86. The molecule has 0 saturated carbocycles. The maximum absolute atomic E-state index is 12.9. The quantitative estimate of drug-likeness (QED) is 0.845. The van der Waals surface area contributed by atoms with Crippen LogP contribution in [0, 0.1) is 12.7 Å². The van der Waals surface area contributed by atoms with Gasteiger partial charge in [0, 0.05) is 0 Å². The SMILES string of the molecule is Cc1ccccc1OC[C@@H](C)NC(=O)[C@H](C)Oc1ccc(F)cc1. The molecule has 2 aromatic carbocycles. The van der Waals surface area contributed by atoms with Crippen molar-refractivity contribution in [2.24, 2.45) is 0 Å². The molecule has 0 fully saturated rings. The lowest BCUT2D eigenvalue weighted by Gasteiger charge is -2.19. The van der Waals surface area contributed by atoms with Crippen molar-refractivity contribution in [3.63, 3.8) is 0 Å². The van der Waals surface area contributed by atoms with E-state index in [1.807, 2.05) is 38.1 Å². The van der Waals surface area contributed by atoms with Crippen molar-refractivity contribution < 1.29 is 18.7 Å². The van der Waals surface area contributed by atoms with E-state index in [0.29, 0.717) is 12.4 Å². The minimum Gasteiger partial charge on any atom is -0.491 e. The number of hydrogen-bond donors (Lipinski definition) is 1. The molecule has 0 bridgehead atoms. The Morgan fingerprint density at radius 3 is 2.46 bits per heavy atom. The van der Waals surface area contributed by atoms with Crippen molar-refractivity contribution in [3.8, 4) is 11.5 Å². The fourth-order valence-electron chi connectivity index (χ4n) is 2.11. The van der Waals surface area contributed by atoms with E-state index in [0.717, 1.165) is 11.3 Å². The number of aryl methyl sites for hydroxylation is 1. The van der Waals surface area contributed by atoms with E-state index in [2.05, 4.69) is 5.32 Å². The van der Waals surface area contributed by atoms with E-state index < -0.39 is 6.10 Å². The molecular weight excluding hydrogens is 309 g/mol. The summed E-state index contributed by atoms with van der Waals surface area (Å²) in [4.78, 5) is 12.1. The second-order valence-electron chi connectivity index (χ2n) is 5.70. The molecule has 0 radical (unpaired) electrons. The predicted molar refractivity (Wildman–Crippen MR) is 90.8 cm³/mol. The zero-order valence-corrected chi connectivity index (χ0v) is 14.1. The molecule has 1 amide bonds. The van der Waals surface area contributed by atoms with Gasteiger partial charge in [0.25, 0.3) is 5.91 Å². The topological polar surface area (TPSA) is 47.6 Å². The summed E-state index contributed by atoms with van der Waals surface area (Å²) in [6, 6.07) is 13.1. The number of nitrogens with one attached hydrogen (secondary N) is 1. The molecule has 0 aromatic heterocycles. The summed E-state index contributed by atoms with van der Waals surface area (Å²) < 4.78 is 24.1. The molecule has 0 aliphatic carbocycles. The van der Waals surface area contributed by atoms with Gasteiger partial charge in [-0.2, -0.15) is 0 Å². The van der Waals surface area contributed by atoms with Crippen LogP contribution in [0.1, 0.15) is 19.4 Å². The highest BCUT2D eigenvalue weighted by molar-refractivity contribution is 5.80. The van der Waals surface area contributed by atoms with E-state index in [1.165, 1.54) is 24.3 Å². The Bertz CT molecular complexity index is 673. The van der Waals surface area contributed by atoms with Crippen LogP contribution in [0.4, 0.5) is 4.39 Å². The second kappa shape index (κ2) is 8.34. The Morgan fingerprint density at radius 2 is 1.79 bits per heavy atom. The summed E-state index contributed by atoms with van der Waals surface area (Å²) in [7, 11) is 0. The Balaban J connectivity index is 1.80.